The van der Waals surface area contributed by atoms with Crippen LogP contribution in [0.15, 0.2) is 41.6 Å². The van der Waals surface area contributed by atoms with E-state index in [1.807, 2.05) is 12.1 Å². The van der Waals surface area contributed by atoms with Crippen LogP contribution in [-0.4, -0.2) is 16.1 Å². The topological polar surface area (TPSA) is 50.2 Å². The Morgan fingerprint density at radius 3 is 2.84 bits per heavy atom. The highest BCUT2D eigenvalue weighted by molar-refractivity contribution is 7.98. The van der Waals surface area contributed by atoms with Crippen LogP contribution in [0.2, 0.25) is 10.0 Å². The Labute approximate surface area is 124 Å². The second-order valence-electron chi connectivity index (χ2n) is 3.69. The van der Waals surface area contributed by atoms with Crippen molar-refractivity contribution >= 4 is 40.9 Å². The van der Waals surface area contributed by atoms with Crippen molar-refractivity contribution < 1.29 is 9.90 Å². The fourth-order valence-electron chi connectivity index (χ4n) is 1.43. The molecule has 1 N–H and O–H groups in total. The summed E-state index contributed by atoms with van der Waals surface area (Å²) >= 11 is 13.4. The van der Waals surface area contributed by atoms with Crippen molar-refractivity contribution in [3.8, 4) is 0 Å². The number of rotatable bonds is 4. The van der Waals surface area contributed by atoms with E-state index in [1.165, 1.54) is 30.1 Å². The highest BCUT2D eigenvalue weighted by atomic mass is 35.5. The zero-order valence-corrected chi connectivity index (χ0v) is 12.0. The van der Waals surface area contributed by atoms with Gasteiger partial charge in [-0.3, -0.25) is 0 Å². The lowest BCUT2D eigenvalue weighted by atomic mass is 10.2. The van der Waals surface area contributed by atoms with Crippen molar-refractivity contribution in [3.05, 3.63) is 57.7 Å². The number of aromatic carboxylic acids is 1. The van der Waals surface area contributed by atoms with Gasteiger partial charge < -0.3 is 5.11 Å². The predicted octanol–water partition coefficient (Wildman–Crippen LogP) is 4.38. The summed E-state index contributed by atoms with van der Waals surface area (Å²) in [4.78, 5) is 15.0. The van der Waals surface area contributed by atoms with Crippen molar-refractivity contribution in [3.63, 3.8) is 0 Å². The van der Waals surface area contributed by atoms with E-state index >= 15 is 0 Å². The third-order valence-electron chi connectivity index (χ3n) is 2.39. The number of carboxylic acids is 1. The lowest BCUT2D eigenvalue weighted by molar-refractivity contribution is 0.0696. The average Bonchev–Trinajstić information content (AvgIpc) is 2.41. The molecular formula is C13H9Cl2NO2S. The number of hydrogen-bond donors (Lipinski definition) is 1. The van der Waals surface area contributed by atoms with Gasteiger partial charge in [-0.25, -0.2) is 9.78 Å². The number of carboxylic acid groups (broad SMARTS) is 1. The first-order chi connectivity index (χ1) is 9.08. The normalized spacial score (nSPS) is 10.4. The molecule has 1 aromatic carbocycles. The molecule has 0 aliphatic heterocycles. The third-order valence-corrected chi connectivity index (χ3v) is 4.22. The maximum Gasteiger partial charge on any atom is 0.335 e. The largest absolute Gasteiger partial charge is 0.478 e. The first-order valence-corrected chi connectivity index (χ1v) is 7.07. The highest BCUT2D eigenvalue weighted by Gasteiger charge is 2.07. The molecule has 98 valence electrons. The van der Waals surface area contributed by atoms with Gasteiger partial charge in [0.2, 0.25) is 0 Å². The highest BCUT2D eigenvalue weighted by Crippen LogP contribution is 2.30. The molecule has 0 fully saturated rings. The fraction of sp³-hybridized carbons (Fsp3) is 0.0769. The molecule has 0 unspecified atom stereocenters. The minimum Gasteiger partial charge on any atom is -0.478 e. The summed E-state index contributed by atoms with van der Waals surface area (Å²) in [6.07, 6.45) is 1.48. The van der Waals surface area contributed by atoms with Gasteiger partial charge in [-0.15, -0.1) is 11.8 Å². The number of thioether (sulfide) groups is 1. The van der Waals surface area contributed by atoms with Gasteiger partial charge in [0.25, 0.3) is 0 Å². The van der Waals surface area contributed by atoms with Crippen LogP contribution in [0.5, 0.6) is 0 Å². The maximum atomic E-state index is 10.9. The summed E-state index contributed by atoms with van der Waals surface area (Å²) in [5.74, 6) is -0.389. The Balaban J connectivity index is 2.12. The van der Waals surface area contributed by atoms with Gasteiger partial charge in [-0.1, -0.05) is 35.3 Å². The van der Waals surface area contributed by atoms with Crippen molar-refractivity contribution in [2.24, 2.45) is 0 Å². The number of pyridine rings is 1. The third kappa shape index (κ3) is 3.62. The molecule has 0 saturated carbocycles. The van der Waals surface area contributed by atoms with Gasteiger partial charge in [-0.05, 0) is 23.8 Å². The van der Waals surface area contributed by atoms with Gasteiger partial charge in [0.1, 0.15) is 0 Å². The Morgan fingerprint density at radius 1 is 1.32 bits per heavy atom. The summed E-state index contributed by atoms with van der Waals surface area (Å²) in [7, 11) is 0. The van der Waals surface area contributed by atoms with E-state index < -0.39 is 5.97 Å². The summed E-state index contributed by atoms with van der Waals surface area (Å²) in [6.45, 7) is 0. The molecule has 0 radical (unpaired) electrons. The molecule has 2 rings (SSSR count). The molecule has 0 atom stereocenters. The SMILES string of the molecule is O=C(O)c1ccnc(SCc2cccc(Cl)c2Cl)c1. The van der Waals surface area contributed by atoms with Gasteiger partial charge >= 0.3 is 5.97 Å². The van der Waals surface area contributed by atoms with Crippen LogP contribution < -0.4 is 0 Å². The Kier molecular flexibility index (Phi) is 4.69. The first kappa shape index (κ1) is 14.2. The van der Waals surface area contributed by atoms with Crippen LogP contribution >= 0.6 is 35.0 Å². The fourth-order valence-corrected chi connectivity index (χ4v) is 2.79. The standard InChI is InChI=1S/C13H9Cl2NO2S/c14-10-3-1-2-9(12(10)15)7-19-11-6-8(13(17)18)4-5-16-11/h1-6H,7H2,(H,17,18). The summed E-state index contributed by atoms with van der Waals surface area (Å²) in [6, 6.07) is 8.42. The predicted molar refractivity (Wildman–Crippen MR) is 77.2 cm³/mol. The van der Waals surface area contributed by atoms with Gasteiger partial charge in [0.15, 0.2) is 0 Å². The van der Waals surface area contributed by atoms with Gasteiger partial charge in [0, 0.05) is 11.9 Å². The molecule has 6 heteroatoms. The maximum absolute atomic E-state index is 10.9. The van der Waals surface area contributed by atoms with Crippen LogP contribution in [-0.2, 0) is 5.75 Å². The van der Waals surface area contributed by atoms with Crippen LogP contribution in [0.3, 0.4) is 0 Å². The van der Waals surface area contributed by atoms with E-state index in [0.717, 1.165) is 5.56 Å². The number of benzene rings is 1. The number of carbonyl (C=O) groups is 1. The van der Waals surface area contributed by atoms with Crippen LogP contribution in [0.4, 0.5) is 0 Å². The monoisotopic (exact) mass is 313 g/mol. The van der Waals surface area contributed by atoms with E-state index in [4.69, 9.17) is 28.3 Å². The zero-order chi connectivity index (χ0) is 13.8. The lowest BCUT2D eigenvalue weighted by Gasteiger charge is -2.05. The van der Waals surface area contributed by atoms with Crippen LogP contribution in [0.25, 0.3) is 0 Å². The van der Waals surface area contributed by atoms with Crippen molar-refractivity contribution in [1.82, 2.24) is 4.98 Å². The molecule has 0 spiro atoms. The smallest absolute Gasteiger partial charge is 0.335 e. The Morgan fingerprint density at radius 2 is 2.11 bits per heavy atom. The molecule has 2 aromatic rings. The number of hydrogen-bond acceptors (Lipinski definition) is 3. The van der Waals surface area contributed by atoms with E-state index in [2.05, 4.69) is 4.98 Å². The molecular weight excluding hydrogens is 305 g/mol. The molecule has 0 aliphatic rings. The zero-order valence-electron chi connectivity index (χ0n) is 9.64. The van der Waals surface area contributed by atoms with Gasteiger partial charge in [-0.2, -0.15) is 0 Å². The molecule has 0 amide bonds. The number of nitrogens with zero attached hydrogens (tertiary/aromatic N) is 1. The van der Waals surface area contributed by atoms with Crippen molar-refractivity contribution in [2.75, 3.05) is 0 Å². The quantitative estimate of drug-likeness (QED) is 0.851. The Hall–Kier alpha value is -1.23. The molecule has 0 saturated heterocycles. The van der Waals surface area contributed by atoms with E-state index in [-0.39, 0.29) is 5.56 Å². The van der Waals surface area contributed by atoms with Crippen LogP contribution in [0, 0.1) is 0 Å². The lowest BCUT2D eigenvalue weighted by Crippen LogP contribution is -1.96. The van der Waals surface area contributed by atoms with E-state index in [1.54, 1.807) is 6.07 Å². The van der Waals surface area contributed by atoms with Gasteiger partial charge in [0.05, 0.1) is 20.6 Å². The first-order valence-electron chi connectivity index (χ1n) is 5.33. The second-order valence-corrected chi connectivity index (χ2v) is 5.47. The minimum absolute atomic E-state index is 0.217. The molecule has 0 aliphatic carbocycles. The van der Waals surface area contributed by atoms with E-state index in [9.17, 15) is 4.79 Å². The van der Waals surface area contributed by atoms with Crippen LogP contribution in [0.1, 0.15) is 15.9 Å². The Bertz CT molecular complexity index is 619. The summed E-state index contributed by atoms with van der Waals surface area (Å²) in [5, 5.41) is 10.6. The molecule has 3 nitrogen and oxygen atoms in total. The van der Waals surface area contributed by atoms with E-state index in [0.29, 0.717) is 20.8 Å². The van der Waals surface area contributed by atoms with Crippen molar-refractivity contribution in [2.45, 2.75) is 10.8 Å². The molecule has 1 heterocycles. The molecule has 0 bridgehead atoms. The summed E-state index contributed by atoms with van der Waals surface area (Å²) in [5.41, 5.74) is 1.11. The summed E-state index contributed by atoms with van der Waals surface area (Å²) < 4.78 is 0. The molecule has 19 heavy (non-hydrogen) atoms. The number of halogens is 2. The second kappa shape index (κ2) is 6.28. The average molecular weight is 314 g/mol. The molecule has 1 aromatic heterocycles. The minimum atomic E-state index is -0.968. The number of aromatic nitrogens is 1. The van der Waals surface area contributed by atoms with Crippen molar-refractivity contribution in [1.29, 1.82) is 0 Å².